The first kappa shape index (κ1) is 18.6. The van der Waals surface area contributed by atoms with E-state index in [0.29, 0.717) is 12.1 Å². The van der Waals surface area contributed by atoms with Crippen molar-refractivity contribution in [3.05, 3.63) is 57.9 Å². The predicted octanol–water partition coefficient (Wildman–Crippen LogP) is 4.91. The lowest BCUT2D eigenvalue weighted by molar-refractivity contribution is -0.142. The molecule has 1 unspecified atom stereocenters. The number of hydrogen-bond donors (Lipinski definition) is 2. The maximum absolute atomic E-state index is 14.6. The minimum absolute atomic E-state index is 0.0308. The number of nitrogens with zero attached hydrogens (tertiary/aromatic N) is 1. The third-order valence-corrected chi connectivity index (χ3v) is 5.12. The standard InChI is InChI=1S/C19H16F5N3O/c1-18(2)6-11-14(12(28)7-18)13(9-5-8(20)3-4-10(9)21)15-16(19(22,23)24)26-27-17(15)25-11/h3-5,13H,6-7H2,1-2H3,(H2,25,26,27). The Morgan fingerprint density at radius 2 is 1.89 bits per heavy atom. The maximum Gasteiger partial charge on any atom is 0.433 e. The summed E-state index contributed by atoms with van der Waals surface area (Å²) in [7, 11) is 0. The number of rotatable bonds is 1. The minimum atomic E-state index is -4.81. The van der Waals surface area contributed by atoms with Crippen LogP contribution in [0.5, 0.6) is 0 Å². The summed E-state index contributed by atoms with van der Waals surface area (Å²) in [6, 6.07) is 2.55. The fourth-order valence-electron chi connectivity index (χ4n) is 4.06. The normalized spacial score (nSPS) is 21.2. The third kappa shape index (κ3) is 2.89. The van der Waals surface area contributed by atoms with Gasteiger partial charge in [-0.1, -0.05) is 13.8 Å². The summed E-state index contributed by atoms with van der Waals surface area (Å²) in [6.07, 6.45) is -4.34. The second kappa shape index (κ2) is 5.89. The summed E-state index contributed by atoms with van der Waals surface area (Å²) in [4.78, 5) is 12.9. The second-order valence-electron chi connectivity index (χ2n) is 7.92. The molecule has 0 amide bonds. The highest BCUT2D eigenvalue weighted by atomic mass is 19.4. The molecule has 1 atom stereocenters. The monoisotopic (exact) mass is 397 g/mol. The molecular formula is C19H16F5N3O. The first-order valence-corrected chi connectivity index (χ1v) is 8.61. The number of hydrogen-bond acceptors (Lipinski definition) is 3. The highest BCUT2D eigenvalue weighted by Gasteiger charge is 2.47. The number of Topliss-reactive ketones (excluding diaryl/α,β-unsaturated/α-hetero) is 1. The molecule has 4 nitrogen and oxygen atoms in total. The molecule has 9 heteroatoms. The third-order valence-electron chi connectivity index (χ3n) is 5.12. The number of ketones is 1. The molecule has 2 N–H and O–H groups in total. The van der Waals surface area contributed by atoms with Crippen molar-refractivity contribution in [1.82, 2.24) is 10.2 Å². The highest BCUT2D eigenvalue weighted by molar-refractivity contribution is 6.01. The van der Waals surface area contributed by atoms with Gasteiger partial charge in [-0.25, -0.2) is 8.78 Å². The van der Waals surface area contributed by atoms with Gasteiger partial charge in [-0.05, 0) is 30.0 Å². The zero-order valence-electron chi connectivity index (χ0n) is 15.0. The van der Waals surface area contributed by atoms with Crippen molar-refractivity contribution in [2.24, 2.45) is 5.41 Å². The van der Waals surface area contributed by atoms with Crippen LogP contribution in [0.1, 0.15) is 49.4 Å². The van der Waals surface area contributed by atoms with E-state index in [1.807, 2.05) is 18.9 Å². The smallest absolute Gasteiger partial charge is 0.342 e. The van der Waals surface area contributed by atoms with E-state index in [1.165, 1.54) is 0 Å². The molecule has 148 valence electrons. The number of alkyl halides is 3. The number of aromatic nitrogens is 2. The van der Waals surface area contributed by atoms with E-state index in [0.717, 1.165) is 18.2 Å². The van der Waals surface area contributed by atoms with Crippen LogP contribution in [-0.2, 0) is 11.0 Å². The lowest BCUT2D eigenvalue weighted by atomic mass is 9.69. The number of aromatic amines is 1. The average molecular weight is 397 g/mol. The van der Waals surface area contributed by atoms with E-state index in [1.54, 1.807) is 0 Å². The Labute approximate surface area is 156 Å². The van der Waals surface area contributed by atoms with E-state index in [2.05, 4.69) is 10.4 Å². The number of carbonyl (C=O) groups excluding carboxylic acids is 1. The van der Waals surface area contributed by atoms with Gasteiger partial charge in [0.25, 0.3) is 0 Å². The molecule has 1 aliphatic carbocycles. The number of H-pyrrole nitrogens is 1. The van der Waals surface area contributed by atoms with E-state index < -0.39 is 46.2 Å². The van der Waals surface area contributed by atoms with Crippen LogP contribution in [0.3, 0.4) is 0 Å². The lowest BCUT2D eigenvalue weighted by Gasteiger charge is -2.38. The zero-order valence-corrected chi connectivity index (χ0v) is 15.0. The number of allylic oxidation sites excluding steroid dienone is 2. The van der Waals surface area contributed by atoms with Crippen LogP contribution >= 0.6 is 0 Å². The van der Waals surface area contributed by atoms with Gasteiger partial charge in [0.05, 0.1) is 0 Å². The zero-order chi connectivity index (χ0) is 20.4. The summed E-state index contributed by atoms with van der Waals surface area (Å²) >= 11 is 0. The highest BCUT2D eigenvalue weighted by Crippen LogP contribution is 2.51. The number of nitrogens with one attached hydrogen (secondary N) is 2. The quantitative estimate of drug-likeness (QED) is 0.673. The maximum atomic E-state index is 14.6. The molecule has 2 aliphatic rings. The van der Waals surface area contributed by atoms with Crippen LogP contribution in [0, 0.1) is 17.0 Å². The molecule has 0 radical (unpaired) electrons. The Kier molecular flexibility index (Phi) is 3.92. The van der Waals surface area contributed by atoms with Crippen LogP contribution in [0.4, 0.5) is 27.8 Å². The SMILES string of the molecule is CC1(C)CC(=O)C2=C(C1)Nc1n[nH]c(C(F)(F)F)c1C2c1cc(F)ccc1F. The van der Waals surface area contributed by atoms with Gasteiger partial charge in [-0.3, -0.25) is 9.89 Å². The van der Waals surface area contributed by atoms with Crippen molar-refractivity contribution < 1.29 is 26.7 Å². The summed E-state index contributed by atoms with van der Waals surface area (Å²) in [5.74, 6) is -3.63. The Hall–Kier alpha value is -2.71. The van der Waals surface area contributed by atoms with Gasteiger partial charge in [0, 0.05) is 34.7 Å². The topological polar surface area (TPSA) is 57.8 Å². The summed E-state index contributed by atoms with van der Waals surface area (Å²) in [5.41, 5.74) is -1.91. The van der Waals surface area contributed by atoms with Gasteiger partial charge in [0.2, 0.25) is 0 Å². The Balaban J connectivity index is 2.01. The number of anilines is 1. The number of halogens is 5. The molecule has 0 bridgehead atoms. The minimum Gasteiger partial charge on any atom is -0.342 e. The van der Waals surface area contributed by atoms with Gasteiger partial charge in [-0.15, -0.1) is 0 Å². The summed E-state index contributed by atoms with van der Waals surface area (Å²) < 4.78 is 69.1. The molecule has 1 aliphatic heterocycles. The van der Waals surface area contributed by atoms with Crippen LogP contribution < -0.4 is 5.32 Å². The van der Waals surface area contributed by atoms with Gasteiger partial charge < -0.3 is 5.32 Å². The first-order chi connectivity index (χ1) is 13.0. The molecule has 2 aromatic rings. The number of fused-ring (bicyclic) bond motifs is 1. The van der Waals surface area contributed by atoms with Gasteiger partial charge in [-0.2, -0.15) is 18.3 Å². The van der Waals surface area contributed by atoms with Crippen LogP contribution in [0.25, 0.3) is 0 Å². The summed E-state index contributed by atoms with van der Waals surface area (Å²) in [5, 5.41) is 8.45. The molecular weight excluding hydrogens is 381 g/mol. The molecule has 0 saturated heterocycles. The van der Waals surface area contributed by atoms with Crippen LogP contribution in [0.15, 0.2) is 29.5 Å². The van der Waals surface area contributed by atoms with Crippen molar-refractivity contribution in [2.45, 2.75) is 38.8 Å². The molecule has 4 rings (SSSR count). The number of carbonyl (C=O) groups is 1. The summed E-state index contributed by atoms with van der Waals surface area (Å²) in [6.45, 7) is 3.71. The van der Waals surface area contributed by atoms with E-state index in [-0.39, 0.29) is 23.4 Å². The van der Waals surface area contributed by atoms with Crippen molar-refractivity contribution in [3.63, 3.8) is 0 Å². The second-order valence-corrected chi connectivity index (χ2v) is 7.92. The van der Waals surface area contributed by atoms with Gasteiger partial charge >= 0.3 is 6.18 Å². The molecule has 1 aromatic carbocycles. The van der Waals surface area contributed by atoms with E-state index in [9.17, 15) is 26.7 Å². The Morgan fingerprint density at radius 1 is 1.18 bits per heavy atom. The van der Waals surface area contributed by atoms with Crippen LogP contribution in [0.2, 0.25) is 0 Å². The molecule has 0 fully saturated rings. The van der Waals surface area contributed by atoms with Crippen molar-refractivity contribution in [1.29, 1.82) is 0 Å². The number of benzene rings is 1. The van der Waals surface area contributed by atoms with Crippen LogP contribution in [-0.4, -0.2) is 16.0 Å². The largest absolute Gasteiger partial charge is 0.433 e. The van der Waals surface area contributed by atoms with Gasteiger partial charge in [0.15, 0.2) is 11.6 Å². The lowest BCUT2D eigenvalue weighted by Crippen LogP contribution is -2.34. The molecule has 1 aromatic heterocycles. The Bertz CT molecular complexity index is 1020. The van der Waals surface area contributed by atoms with E-state index >= 15 is 0 Å². The van der Waals surface area contributed by atoms with E-state index in [4.69, 9.17) is 0 Å². The molecule has 0 spiro atoms. The average Bonchev–Trinajstić information content (AvgIpc) is 2.98. The fourth-order valence-corrected chi connectivity index (χ4v) is 4.06. The fraction of sp³-hybridized carbons (Fsp3) is 0.368. The first-order valence-electron chi connectivity index (χ1n) is 8.61. The van der Waals surface area contributed by atoms with Crippen molar-refractivity contribution in [3.8, 4) is 0 Å². The van der Waals surface area contributed by atoms with Gasteiger partial charge in [0.1, 0.15) is 17.3 Å². The molecule has 0 saturated carbocycles. The Morgan fingerprint density at radius 3 is 2.57 bits per heavy atom. The van der Waals surface area contributed by atoms with Crippen molar-refractivity contribution in [2.75, 3.05) is 5.32 Å². The predicted molar refractivity (Wildman–Crippen MR) is 90.5 cm³/mol. The molecule has 2 heterocycles. The molecule has 28 heavy (non-hydrogen) atoms. The van der Waals surface area contributed by atoms with Crippen molar-refractivity contribution >= 4 is 11.6 Å².